The van der Waals surface area contributed by atoms with Gasteiger partial charge in [-0.05, 0) is 76.8 Å². The monoisotopic (exact) mass is 476 g/mol. The minimum atomic E-state index is -0.261. The molecule has 2 aromatic heterocycles. The van der Waals surface area contributed by atoms with Crippen molar-refractivity contribution >= 4 is 11.7 Å². The quantitative estimate of drug-likeness (QED) is 0.518. The fourth-order valence-corrected chi connectivity index (χ4v) is 5.68. The predicted octanol–water partition coefficient (Wildman–Crippen LogP) is 5.02. The van der Waals surface area contributed by atoms with Crippen molar-refractivity contribution in [2.24, 2.45) is 0 Å². The number of nitrogens with zero attached hydrogens (tertiary/aromatic N) is 5. The summed E-state index contributed by atoms with van der Waals surface area (Å²) < 4.78 is 0. The molecule has 0 spiro atoms. The Morgan fingerprint density at radius 1 is 1.11 bits per heavy atom. The van der Waals surface area contributed by atoms with Crippen LogP contribution in [0.4, 0.5) is 5.82 Å². The van der Waals surface area contributed by atoms with Gasteiger partial charge in [-0.3, -0.25) is 9.89 Å². The molecule has 35 heavy (non-hydrogen) atoms. The van der Waals surface area contributed by atoms with E-state index in [1.54, 1.807) is 18.5 Å². The van der Waals surface area contributed by atoms with Gasteiger partial charge in [-0.2, -0.15) is 5.10 Å². The summed E-state index contributed by atoms with van der Waals surface area (Å²) in [6.07, 6.45) is 6.63. The molecule has 0 unspecified atom stereocenters. The number of benzene rings is 1. The second-order valence-electron chi connectivity index (χ2n) is 10.8. The molecule has 0 radical (unpaired) electrons. The van der Waals surface area contributed by atoms with Gasteiger partial charge in [-0.15, -0.1) is 10.2 Å². The molecule has 4 rings (SSSR count). The first-order chi connectivity index (χ1) is 16.5. The molecule has 0 aliphatic carbocycles. The van der Waals surface area contributed by atoms with Crippen molar-refractivity contribution in [3.8, 4) is 28.1 Å². The molecule has 0 atom stereocenters. The largest absolute Gasteiger partial charge is 0.507 e. The van der Waals surface area contributed by atoms with Crippen molar-refractivity contribution in [2.45, 2.75) is 77.4 Å². The molecule has 3 aromatic rings. The Morgan fingerprint density at radius 3 is 2.37 bits per heavy atom. The van der Waals surface area contributed by atoms with Crippen LogP contribution in [-0.4, -0.2) is 60.5 Å². The molecular formula is C27H36N6O2. The highest BCUT2D eigenvalue weighted by molar-refractivity contribution is 5.78. The van der Waals surface area contributed by atoms with Crippen molar-refractivity contribution in [1.29, 1.82) is 0 Å². The Morgan fingerprint density at radius 2 is 1.83 bits per heavy atom. The molecule has 186 valence electrons. The van der Waals surface area contributed by atoms with Crippen LogP contribution in [0.1, 0.15) is 60.3 Å². The highest BCUT2D eigenvalue weighted by Gasteiger charge is 2.48. The molecule has 1 aromatic carbocycles. The number of aromatic hydroxyl groups is 1. The van der Waals surface area contributed by atoms with E-state index in [4.69, 9.17) is 0 Å². The van der Waals surface area contributed by atoms with Crippen molar-refractivity contribution in [1.82, 2.24) is 25.3 Å². The van der Waals surface area contributed by atoms with Crippen LogP contribution in [0, 0.1) is 0 Å². The number of hydrogen-bond acceptors (Lipinski definition) is 6. The number of carbonyl (C=O) groups excluding carboxylic acids is 1. The molecule has 1 saturated heterocycles. The highest BCUT2D eigenvalue weighted by atomic mass is 16.3. The van der Waals surface area contributed by atoms with Crippen molar-refractivity contribution in [2.75, 3.05) is 11.9 Å². The van der Waals surface area contributed by atoms with E-state index in [0.717, 1.165) is 36.2 Å². The van der Waals surface area contributed by atoms with Crippen LogP contribution >= 0.6 is 0 Å². The van der Waals surface area contributed by atoms with Crippen molar-refractivity contribution in [3.05, 3.63) is 42.7 Å². The fourth-order valence-electron chi connectivity index (χ4n) is 5.68. The Bertz CT molecular complexity index is 1150. The smallest absolute Gasteiger partial charge is 0.223 e. The maximum Gasteiger partial charge on any atom is 0.223 e. The van der Waals surface area contributed by atoms with E-state index in [1.807, 2.05) is 38.2 Å². The van der Waals surface area contributed by atoms with E-state index < -0.39 is 0 Å². The number of rotatable bonds is 6. The van der Waals surface area contributed by atoms with Crippen molar-refractivity contribution in [3.63, 3.8) is 0 Å². The lowest BCUT2D eigenvalue weighted by Crippen LogP contribution is -2.65. The van der Waals surface area contributed by atoms with E-state index in [2.05, 4.69) is 57.9 Å². The van der Waals surface area contributed by atoms with Gasteiger partial charge in [0.15, 0.2) is 5.82 Å². The Labute approximate surface area is 207 Å². The Balaban J connectivity index is 1.52. The van der Waals surface area contributed by atoms with Gasteiger partial charge in [0.2, 0.25) is 5.91 Å². The number of phenolic OH excluding ortho intramolecular Hbond substituents is 1. The first kappa shape index (κ1) is 24.7. The number of amides is 1. The normalized spacial score (nSPS) is 17.4. The third kappa shape index (κ3) is 4.88. The first-order valence-electron chi connectivity index (χ1n) is 12.3. The zero-order valence-electron chi connectivity index (χ0n) is 21.5. The summed E-state index contributed by atoms with van der Waals surface area (Å²) in [4.78, 5) is 17.2. The number of likely N-dealkylation sites (tertiary alicyclic amines) is 1. The molecule has 1 aliphatic heterocycles. The zero-order valence-corrected chi connectivity index (χ0v) is 21.5. The summed E-state index contributed by atoms with van der Waals surface area (Å²) in [5, 5.41) is 26.3. The third-order valence-electron chi connectivity index (χ3n) is 7.06. The van der Waals surface area contributed by atoms with Gasteiger partial charge in [0.1, 0.15) is 5.75 Å². The molecule has 3 heterocycles. The third-order valence-corrected chi connectivity index (χ3v) is 7.06. The maximum atomic E-state index is 12.9. The maximum absolute atomic E-state index is 12.9. The van der Waals surface area contributed by atoms with Crippen LogP contribution < -0.4 is 4.90 Å². The number of nitrogens with one attached hydrogen (secondary N) is 1. The van der Waals surface area contributed by atoms with Gasteiger partial charge in [-0.1, -0.05) is 13.0 Å². The molecule has 8 nitrogen and oxygen atoms in total. The highest BCUT2D eigenvalue weighted by Crippen LogP contribution is 2.41. The minimum Gasteiger partial charge on any atom is -0.507 e. The summed E-state index contributed by atoms with van der Waals surface area (Å²) in [7, 11) is 2.04. The Kier molecular flexibility index (Phi) is 6.58. The Hall–Kier alpha value is -3.42. The van der Waals surface area contributed by atoms with Crippen molar-refractivity contribution < 1.29 is 9.90 Å². The summed E-state index contributed by atoms with van der Waals surface area (Å²) in [5.41, 5.74) is 2.50. The second kappa shape index (κ2) is 9.32. The standard InChI is InChI=1S/C27H36N6O2/c1-7-8-25(35)33-26(2,3)14-20(15-27(33,4)5)32(6)24-12-11-22(30-31-24)21-10-9-18(13-23(21)34)19-16-28-29-17-19/h9-13,16-17,20,34H,7-8,14-15H2,1-6H3,(H,28,29). The van der Waals surface area contributed by atoms with Crippen LogP contribution in [0.5, 0.6) is 5.75 Å². The van der Waals surface area contributed by atoms with E-state index in [9.17, 15) is 9.90 Å². The average Bonchev–Trinajstić information content (AvgIpc) is 3.32. The van der Waals surface area contributed by atoms with Gasteiger partial charge >= 0.3 is 0 Å². The zero-order chi connectivity index (χ0) is 25.4. The number of phenols is 1. The number of aromatic amines is 1. The molecule has 8 heteroatoms. The van der Waals surface area contributed by atoms with Crippen LogP contribution in [0.15, 0.2) is 42.7 Å². The topological polar surface area (TPSA) is 98.2 Å². The summed E-state index contributed by atoms with van der Waals surface area (Å²) >= 11 is 0. The lowest BCUT2D eigenvalue weighted by molar-refractivity contribution is -0.149. The van der Waals surface area contributed by atoms with Crippen LogP contribution in [0.2, 0.25) is 0 Å². The second-order valence-corrected chi connectivity index (χ2v) is 10.8. The molecule has 2 N–H and O–H groups in total. The van der Waals surface area contributed by atoms with Crippen LogP contribution in [0.25, 0.3) is 22.4 Å². The number of carbonyl (C=O) groups is 1. The first-order valence-corrected chi connectivity index (χ1v) is 12.3. The molecule has 1 amide bonds. The number of anilines is 1. The lowest BCUT2D eigenvalue weighted by Gasteiger charge is -2.56. The van der Waals surface area contributed by atoms with Gasteiger partial charge in [0.25, 0.3) is 0 Å². The summed E-state index contributed by atoms with van der Waals surface area (Å²) in [5.74, 6) is 1.14. The summed E-state index contributed by atoms with van der Waals surface area (Å²) in [6.45, 7) is 10.7. The van der Waals surface area contributed by atoms with Gasteiger partial charge in [-0.25, -0.2) is 0 Å². The lowest BCUT2D eigenvalue weighted by atomic mass is 9.76. The minimum absolute atomic E-state index is 0.145. The van der Waals surface area contributed by atoms with Gasteiger partial charge in [0.05, 0.1) is 11.9 Å². The molecule has 0 saturated carbocycles. The fraction of sp³-hybridized carbons (Fsp3) is 0.481. The van der Waals surface area contributed by atoms with Crippen LogP contribution in [0.3, 0.4) is 0 Å². The van der Waals surface area contributed by atoms with Gasteiger partial charge in [0, 0.05) is 47.9 Å². The number of piperidine rings is 1. The van der Waals surface area contributed by atoms with E-state index in [-0.39, 0.29) is 28.8 Å². The van der Waals surface area contributed by atoms with E-state index in [1.165, 1.54) is 0 Å². The number of aromatic nitrogens is 4. The number of hydrogen-bond donors (Lipinski definition) is 2. The number of H-pyrrole nitrogens is 1. The van der Waals surface area contributed by atoms with Crippen LogP contribution in [-0.2, 0) is 4.79 Å². The predicted molar refractivity (Wildman–Crippen MR) is 138 cm³/mol. The van der Waals surface area contributed by atoms with E-state index >= 15 is 0 Å². The molecule has 1 aliphatic rings. The summed E-state index contributed by atoms with van der Waals surface area (Å²) in [6, 6.07) is 9.54. The molecule has 1 fully saturated rings. The molecular weight excluding hydrogens is 440 g/mol. The van der Waals surface area contributed by atoms with E-state index in [0.29, 0.717) is 17.7 Å². The average molecular weight is 477 g/mol. The van der Waals surface area contributed by atoms with Gasteiger partial charge < -0.3 is 14.9 Å². The SMILES string of the molecule is CCCC(=O)N1C(C)(C)CC(N(C)c2ccc(-c3ccc(-c4cn[nH]c4)cc3O)nn2)CC1(C)C. The molecule has 0 bridgehead atoms.